The lowest BCUT2D eigenvalue weighted by atomic mass is 9.92. The summed E-state index contributed by atoms with van der Waals surface area (Å²) < 4.78 is 0. The largest absolute Gasteiger partial charge is 0.325 e. The van der Waals surface area contributed by atoms with Crippen LogP contribution in [0.15, 0.2) is 30.4 Å². The second-order valence-electron chi connectivity index (χ2n) is 5.03. The first kappa shape index (κ1) is 14.9. The van der Waals surface area contributed by atoms with Crippen molar-refractivity contribution in [3.05, 3.63) is 46.0 Å². The Labute approximate surface area is 127 Å². The summed E-state index contributed by atoms with van der Waals surface area (Å²) in [6.45, 7) is 7.29. The van der Waals surface area contributed by atoms with E-state index in [1.54, 1.807) is 32.0 Å². The van der Waals surface area contributed by atoms with Gasteiger partial charge in [-0.2, -0.15) is 0 Å². The van der Waals surface area contributed by atoms with Crippen molar-refractivity contribution < 1.29 is 9.59 Å². The van der Waals surface area contributed by atoms with E-state index in [9.17, 15) is 9.59 Å². The van der Waals surface area contributed by atoms with Gasteiger partial charge in [0, 0.05) is 15.6 Å². The summed E-state index contributed by atoms with van der Waals surface area (Å²) in [5.74, 6) is -0.352. The number of amides is 3. The monoisotopic (exact) mass is 312 g/mol. The Morgan fingerprint density at radius 3 is 2.60 bits per heavy atom. The summed E-state index contributed by atoms with van der Waals surface area (Å²) in [5.41, 5.74) is 0.0554. The highest BCUT2D eigenvalue weighted by Gasteiger charge is 2.49. The zero-order valence-electron chi connectivity index (χ0n) is 11.2. The van der Waals surface area contributed by atoms with Crippen LogP contribution in [0.4, 0.5) is 4.79 Å². The predicted molar refractivity (Wildman–Crippen MR) is 78.9 cm³/mol. The molecule has 20 heavy (non-hydrogen) atoms. The fourth-order valence-corrected chi connectivity index (χ4v) is 2.79. The predicted octanol–water partition coefficient (Wildman–Crippen LogP) is 3.34. The third kappa shape index (κ3) is 2.41. The van der Waals surface area contributed by atoms with E-state index in [1.807, 2.05) is 0 Å². The molecule has 0 aromatic heterocycles. The smallest absolute Gasteiger partial charge is 0.319 e. The molecule has 0 radical (unpaired) electrons. The molecule has 0 unspecified atom stereocenters. The summed E-state index contributed by atoms with van der Waals surface area (Å²) >= 11 is 12.0. The van der Waals surface area contributed by atoms with E-state index in [4.69, 9.17) is 23.2 Å². The minimum atomic E-state index is -1.19. The van der Waals surface area contributed by atoms with E-state index in [2.05, 4.69) is 11.9 Å². The van der Waals surface area contributed by atoms with E-state index in [1.165, 1.54) is 0 Å². The number of urea groups is 1. The van der Waals surface area contributed by atoms with E-state index in [0.29, 0.717) is 15.6 Å². The van der Waals surface area contributed by atoms with Crippen LogP contribution in [0.2, 0.25) is 10.0 Å². The SMILES string of the molecule is C=C(C)CN1C(=O)N[C@](C)(c2ccc(Cl)cc2Cl)C1=O. The average Bonchev–Trinajstić information content (AvgIpc) is 2.53. The third-order valence-corrected chi connectivity index (χ3v) is 3.72. The van der Waals surface area contributed by atoms with Gasteiger partial charge in [-0.25, -0.2) is 4.79 Å². The van der Waals surface area contributed by atoms with Gasteiger partial charge in [0.05, 0.1) is 6.54 Å². The lowest BCUT2D eigenvalue weighted by Gasteiger charge is -2.23. The Morgan fingerprint density at radius 2 is 2.05 bits per heavy atom. The summed E-state index contributed by atoms with van der Waals surface area (Å²) in [4.78, 5) is 25.6. The molecule has 0 spiro atoms. The summed E-state index contributed by atoms with van der Waals surface area (Å²) in [6.07, 6.45) is 0. The number of hydrogen-bond donors (Lipinski definition) is 1. The molecule has 1 atom stereocenters. The van der Waals surface area contributed by atoms with Gasteiger partial charge in [0.25, 0.3) is 5.91 Å². The van der Waals surface area contributed by atoms with Crippen LogP contribution >= 0.6 is 23.2 Å². The molecule has 1 aromatic rings. The van der Waals surface area contributed by atoms with Gasteiger partial charge in [0.2, 0.25) is 0 Å². The zero-order chi connectivity index (χ0) is 15.1. The van der Waals surface area contributed by atoms with Crippen LogP contribution in [0.1, 0.15) is 19.4 Å². The maximum atomic E-state index is 12.5. The van der Waals surface area contributed by atoms with Crippen molar-refractivity contribution in [1.82, 2.24) is 10.2 Å². The molecule has 3 amide bonds. The fraction of sp³-hybridized carbons (Fsp3) is 0.286. The molecule has 106 valence electrons. The second kappa shape index (κ2) is 5.11. The van der Waals surface area contributed by atoms with Crippen LogP contribution in [-0.2, 0) is 10.3 Å². The minimum Gasteiger partial charge on any atom is -0.319 e. The quantitative estimate of drug-likeness (QED) is 0.687. The Hall–Kier alpha value is -1.52. The first-order chi connectivity index (χ1) is 9.25. The maximum absolute atomic E-state index is 12.5. The molecule has 0 bridgehead atoms. The third-order valence-electron chi connectivity index (χ3n) is 3.17. The van der Waals surface area contributed by atoms with Gasteiger partial charge in [-0.05, 0) is 26.0 Å². The zero-order valence-corrected chi connectivity index (χ0v) is 12.7. The second-order valence-corrected chi connectivity index (χ2v) is 5.87. The molecule has 6 heteroatoms. The topological polar surface area (TPSA) is 49.4 Å². The van der Waals surface area contributed by atoms with Gasteiger partial charge >= 0.3 is 6.03 Å². The van der Waals surface area contributed by atoms with E-state index >= 15 is 0 Å². The Kier molecular flexibility index (Phi) is 3.80. The van der Waals surface area contributed by atoms with Crippen molar-refractivity contribution in [2.45, 2.75) is 19.4 Å². The lowest BCUT2D eigenvalue weighted by Crippen LogP contribution is -2.41. The number of nitrogens with one attached hydrogen (secondary N) is 1. The number of benzene rings is 1. The molecule has 1 aliphatic rings. The molecule has 1 heterocycles. The van der Waals surface area contributed by atoms with Crippen LogP contribution in [-0.4, -0.2) is 23.4 Å². The maximum Gasteiger partial charge on any atom is 0.325 e. The fourth-order valence-electron chi connectivity index (χ4n) is 2.19. The van der Waals surface area contributed by atoms with Crippen molar-refractivity contribution >= 4 is 35.1 Å². The number of carbonyl (C=O) groups excluding carboxylic acids is 2. The Balaban J connectivity index is 2.43. The molecule has 4 nitrogen and oxygen atoms in total. The van der Waals surface area contributed by atoms with Crippen molar-refractivity contribution in [3.8, 4) is 0 Å². The van der Waals surface area contributed by atoms with Gasteiger partial charge in [-0.15, -0.1) is 0 Å². The Morgan fingerprint density at radius 1 is 1.40 bits per heavy atom. The van der Waals surface area contributed by atoms with Crippen LogP contribution in [0.5, 0.6) is 0 Å². The van der Waals surface area contributed by atoms with Crippen LogP contribution in [0, 0.1) is 0 Å². The first-order valence-electron chi connectivity index (χ1n) is 5.99. The molecule has 2 rings (SSSR count). The van der Waals surface area contributed by atoms with Gasteiger partial charge < -0.3 is 5.32 Å². The number of halogens is 2. The number of carbonyl (C=O) groups is 2. The normalized spacial score (nSPS) is 22.1. The van der Waals surface area contributed by atoms with Crippen molar-refractivity contribution in [2.75, 3.05) is 6.54 Å². The van der Waals surface area contributed by atoms with Crippen molar-refractivity contribution in [3.63, 3.8) is 0 Å². The standard InChI is InChI=1S/C14H14Cl2N2O2/c1-8(2)7-18-12(19)14(3,17-13(18)20)10-5-4-9(15)6-11(10)16/h4-6H,1,7H2,2-3H3,(H,17,20)/t14-/m1/s1. The summed E-state index contributed by atoms with van der Waals surface area (Å²) in [7, 11) is 0. The molecule has 1 N–H and O–H groups in total. The van der Waals surface area contributed by atoms with Gasteiger partial charge in [0.15, 0.2) is 0 Å². The first-order valence-corrected chi connectivity index (χ1v) is 6.75. The lowest BCUT2D eigenvalue weighted by molar-refractivity contribution is -0.130. The molecule has 1 saturated heterocycles. The molecule has 0 saturated carbocycles. The van der Waals surface area contributed by atoms with Gasteiger partial charge in [-0.3, -0.25) is 9.69 Å². The van der Waals surface area contributed by atoms with E-state index in [-0.39, 0.29) is 12.5 Å². The molecule has 1 aromatic carbocycles. The summed E-state index contributed by atoms with van der Waals surface area (Å²) in [6, 6.07) is 4.37. The number of rotatable bonds is 3. The van der Waals surface area contributed by atoms with Gasteiger partial charge in [-0.1, -0.05) is 41.4 Å². The van der Waals surface area contributed by atoms with Crippen molar-refractivity contribution in [2.24, 2.45) is 0 Å². The molecule has 1 aliphatic heterocycles. The van der Waals surface area contributed by atoms with Crippen molar-refractivity contribution in [1.29, 1.82) is 0 Å². The number of nitrogens with zero attached hydrogens (tertiary/aromatic N) is 1. The molecule has 0 aliphatic carbocycles. The molecular weight excluding hydrogens is 299 g/mol. The number of imide groups is 1. The van der Waals surface area contributed by atoms with Crippen LogP contribution < -0.4 is 5.32 Å². The van der Waals surface area contributed by atoms with E-state index < -0.39 is 11.6 Å². The number of hydrogen-bond acceptors (Lipinski definition) is 2. The van der Waals surface area contributed by atoms with Crippen LogP contribution in [0.25, 0.3) is 0 Å². The van der Waals surface area contributed by atoms with Gasteiger partial charge in [0.1, 0.15) is 5.54 Å². The highest BCUT2D eigenvalue weighted by atomic mass is 35.5. The summed E-state index contributed by atoms with van der Waals surface area (Å²) in [5, 5.41) is 3.49. The van der Waals surface area contributed by atoms with Crippen LogP contribution in [0.3, 0.4) is 0 Å². The van der Waals surface area contributed by atoms with E-state index in [0.717, 1.165) is 10.5 Å². The molecular formula is C14H14Cl2N2O2. The average molecular weight is 313 g/mol. The highest BCUT2D eigenvalue weighted by molar-refractivity contribution is 6.35. The minimum absolute atomic E-state index is 0.186. The molecule has 1 fully saturated rings. The Bertz CT molecular complexity index is 615. The highest BCUT2D eigenvalue weighted by Crippen LogP contribution is 2.35.